The first kappa shape index (κ1) is 11.6. The van der Waals surface area contributed by atoms with Gasteiger partial charge < -0.3 is 9.41 Å². The van der Waals surface area contributed by atoms with Crippen LogP contribution in [0.1, 0.15) is 5.56 Å². The summed E-state index contributed by atoms with van der Waals surface area (Å²) < 4.78 is 1.58. The van der Waals surface area contributed by atoms with E-state index in [1.165, 1.54) is 11.9 Å². The number of hydrogen-bond acceptors (Lipinski definition) is 3. The first-order valence-corrected chi connectivity index (χ1v) is 5.87. The fourth-order valence-corrected chi connectivity index (χ4v) is 2.69. The number of benzene rings is 1. The number of rotatable bonds is 1. The van der Waals surface area contributed by atoms with Crippen LogP contribution in [0.3, 0.4) is 0 Å². The quantitative estimate of drug-likeness (QED) is 0.798. The Hall–Kier alpha value is -0.840. The molecule has 1 aliphatic heterocycles. The molecule has 0 fully saturated rings. The number of likely N-dealkylation sites (N-methyl/N-ethyl adjacent to an activating group) is 1. The number of nitrogens with zero attached hydrogens (tertiary/aromatic N) is 1. The Bertz CT molecular complexity index is 502. The van der Waals surface area contributed by atoms with Crippen LogP contribution in [0.15, 0.2) is 22.7 Å². The molecule has 0 saturated heterocycles. The van der Waals surface area contributed by atoms with E-state index in [-0.39, 0.29) is 5.70 Å². The number of carboxylic acid groups (broad SMARTS) is 1. The zero-order valence-electron chi connectivity index (χ0n) is 8.20. The first-order valence-electron chi connectivity index (χ1n) is 4.35. The molecule has 1 aromatic carbocycles. The van der Waals surface area contributed by atoms with Crippen LogP contribution in [0, 0.1) is 0 Å². The normalized spacial score (nSPS) is 14.4. The predicted octanol–water partition coefficient (Wildman–Crippen LogP) is 3.37. The SMILES string of the molecule is CN1Sc2cc(Cl)c(Cl)cc2C=C1C(=O)O. The third kappa shape index (κ3) is 2.00. The van der Waals surface area contributed by atoms with Gasteiger partial charge in [0.05, 0.1) is 10.0 Å². The highest BCUT2D eigenvalue weighted by molar-refractivity contribution is 7.97. The molecule has 1 heterocycles. The van der Waals surface area contributed by atoms with Crippen LogP contribution in [0.2, 0.25) is 10.0 Å². The average Bonchev–Trinajstić information content (AvgIpc) is 2.19. The van der Waals surface area contributed by atoms with Crippen molar-refractivity contribution in [1.82, 2.24) is 4.31 Å². The lowest BCUT2D eigenvalue weighted by Crippen LogP contribution is -2.19. The Labute approximate surface area is 107 Å². The minimum atomic E-state index is -0.966. The van der Waals surface area contributed by atoms with Crippen molar-refractivity contribution in [2.45, 2.75) is 4.90 Å². The molecule has 84 valence electrons. The van der Waals surface area contributed by atoms with Gasteiger partial charge in [-0.05, 0) is 35.7 Å². The molecule has 16 heavy (non-hydrogen) atoms. The number of hydrogen-bond donors (Lipinski definition) is 1. The summed E-state index contributed by atoms with van der Waals surface area (Å²) in [6.45, 7) is 0. The molecule has 2 rings (SSSR count). The summed E-state index contributed by atoms with van der Waals surface area (Å²) in [7, 11) is 1.69. The molecule has 0 radical (unpaired) electrons. The number of halogens is 2. The van der Waals surface area contributed by atoms with Crippen LogP contribution < -0.4 is 0 Å². The van der Waals surface area contributed by atoms with Gasteiger partial charge in [0.25, 0.3) is 0 Å². The second-order valence-corrected chi connectivity index (χ2v) is 5.21. The lowest BCUT2D eigenvalue weighted by atomic mass is 10.2. The van der Waals surface area contributed by atoms with Gasteiger partial charge in [0.1, 0.15) is 5.70 Å². The fraction of sp³-hybridized carbons (Fsp3) is 0.100. The van der Waals surface area contributed by atoms with E-state index < -0.39 is 5.97 Å². The van der Waals surface area contributed by atoms with Gasteiger partial charge in [-0.1, -0.05) is 23.2 Å². The van der Waals surface area contributed by atoms with Crippen LogP contribution in [-0.2, 0) is 4.79 Å². The van der Waals surface area contributed by atoms with E-state index in [2.05, 4.69) is 0 Å². The van der Waals surface area contributed by atoms with Gasteiger partial charge in [0.2, 0.25) is 0 Å². The molecule has 3 nitrogen and oxygen atoms in total. The average molecular weight is 276 g/mol. The van der Waals surface area contributed by atoms with Crippen LogP contribution in [0.5, 0.6) is 0 Å². The zero-order chi connectivity index (χ0) is 11.9. The number of carbonyl (C=O) groups is 1. The molecule has 0 atom stereocenters. The number of fused-ring (bicyclic) bond motifs is 1. The summed E-state index contributed by atoms with van der Waals surface area (Å²) in [5.74, 6) is -0.966. The van der Waals surface area contributed by atoms with E-state index >= 15 is 0 Å². The molecule has 6 heteroatoms. The molecule has 1 N–H and O–H groups in total. The molecule has 0 spiro atoms. The minimum Gasteiger partial charge on any atom is -0.477 e. The zero-order valence-corrected chi connectivity index (χ0v) is 10.5. The van der Waals surface area contributed by atoms with Crippen LogP contribution in [-0.4, -0.2) is 22.4 Å². The lowest BCUT2D eigenvalue weighted by molar-refractivity contribution is -0.133. The van der Waals surface area contributed by atoms with Gasteiger partial charge in [-0.25, -0.2) is 4.79 Å². The Kier molecular flexibility index (Phi) is 3.06. The highest BCUT2D eigenvalue weighted by atomic mass is 35.5. The third-order valence-electron chi connectivity index (χ3n) is 2.14. The molecule has 0 saturated carbocycles. The highest BCUT2D eigenvalue weighted by Gasteiger charge is 2.21. The van der Waals surface area contributed by atoms with Crippen molar-refractivity contribution in [1.29, 1.82) is 0 Å². The Balaban J connectivity index is 2.55. The maximum absolute atomic E-state index is 10.9. The van der Waals surface area contributed by atoms with E-state index in [0.717, 1.165) is 10.5 Å². The summed E-state index contributed by atoms with van der Waals surface area (Å²) in [5.41, 5.74) is 0.991. The van der Waals surface area contributed by atoms with E-state index in [4.69, 9.17) is 28.3 Å². The van der Waals surface area contributed by atoms with Gasteiger partial charge in [-0.15, -0.1) is 0 Å². The van der Waals surface area contributed by atoms with Gasteiger partial charge in [0, 0.05) is 11.9 Å². The van der Waals surface area contributed by atoms with Gasteiger partial charge in [0.15, 0.2) is 0 Å². The lowest BCUT2D eigenvalue weighted by Gasteiger charge is -2.24. The van der Waals surface area contributed by atoms with Crippen molar-refractivity contribution < 1.29 is 9.90 Å². The number of carboxylic acids is 1. The molecule has 1 aromatic rings. The molecule has 0 aliphatic carbocycles. The van der Waals surface area contributed by atoms with Crippen molar-refractivity contribution in [2.75, 3.05) is 7.05 Å². The smallest absolute Gasteiger partial charge is 0.353 e. The van der Waals surface area contributed by atoms with Crippen molar-refractivity contribution in [2.24, 2.45) is 0 Å². The molecule has 0 bridgehead atoms. The summed E-state index contributed by atoms with van der Waals surface area (Å²) in [4.78, 5) is 11.8. The maximum atomic E-state index is 10.9. The summed E-state index contributed by atoms with van der Waals surface area (Å²) in [5, 5.41) is 9.86. The second kappa shape index (κ2) is 4.20. The molecular formula is C10H7Cl2NO2S. The van der Waals surface area contributed by atoms with Gasteiger partial charge >= 0.3 is 5.97 Å². The first-order chi connectivity index (χ1) is 7.49. The van der Waals surface area contributed by atoms with Gasteiger partial charge in [-0.3, -0.25) is 0 Å². The topological polar surface area (TPSA) is 40.5 Å². The maximum Gasteiger partial charge on any atom is 0.353 e. The minimum absolute atomic E-state index is 0.218. The van der Waals surface area contributed by atoms with E-state index in [1.54, 1.807) is 29.6 Å². The Morgan fingerprint density at radius 3 is 2.62 bits per heavy atom. The highest BCUT2D eigenvalue weighted by Crippen LogP contribution is 2.39. The monoisotopic (exact) mass is 275 g/mol. The molecular weight excluding hydrogens is 269 g/mol. The molecule has 0 aromatic heterocycles. The van der Waals surface area contributed by atoms with Crippen molar-refractivity contribution >= 4 is 47.2 Å². The summed E-state index contributed by atoms with van der Waals surface area (Å²) in [6, 6.07) is 3.40. The summed E-state index contributed by atoms with van der Waals surface area (Å²) in [6.07, 6.45) is 1.58. The van der Waals surface area contributed by atoms with Crippen molar-refractivity contribution in [3.05, 3.63) is 33.4 Å². The van der Waals surface area contributed by atoms with Crippen molar-refractivity contribution in [3.8, 4) is 0 Å². The number of aliphatic carboxylic acids is 1. The fourth-order valence-electron chi connectivity index (χ4n) is 1.37. The standard InChI is InChI=1S/C10H7Cl2NO2S/c1-13-8(10(14)15)3-5-2-6(11)7(12)4-9(5)16-13/h2-4H,1H3,(H,14,15). The predicted molar refractivity (Wildman–Crippen MR) is 65.7 cm³/mol. The van der Waals surface area contributed by atoms with Crippen LogP contribution in [0.4, 0.5) is 0 Å². The molecule has 0 unspecified atom stereocenters. The van der Waals surface area contributed by atoms with E-state index in [1.807, 2.05) is 0 Å². The largest absolute Gasteiger partial charge is 0.477 e. The van der Waals surface area contributed by atoms with Crippen LogP contribution in [0.25, 0.3) is 6.08 Å². The van der Waals surface area contributed by atoms with Gasteiger partial charge in [-0.2, -0.15) is 0 Å². The van der Waals surface area contributed by atoms with E-state index in [9.17, 15) is 4.79 Å². The van der Waals surface area contributed by atoms with E-state index in [0.29, 0.717) is 10.0 Å². The molecule has 0 amide bonds. The Morgan fingerprint density at radius 2 is 2.00 bits per heavy atom. The second-order valence-electron chi connectivity index (χ2n) is 3.23. The molecule has 1 aliphatic rings. The van der Waals surface area contributed by atoms with Crippen molar-refractivity contribution in [3.63, 3.8) is 0 Å². The third-order valence-corrected chi connectivity index (χ3v) is 3.88. The Morgan fingerprint density at radius 1 is 1.38 bits per heavy atom. The van der Waals surface area contributed by atoms with Crippen LogP contribution >= 0.6 is 35.1 Å². The summed E-state index contributed by atoms with van der Waals surface area (Å²) >= 11 is 13.1.